The van der Waals surface area contributed by atoms with Gasteiger partial charge in [-0.25, -0.2) is 28.8 Å². The van der Waals surface area contributed by atoms with Gasteiger partial charge in [-0.3, -0.25) is 31.9 Å². The second-order valence-electron chi connectivity index (χ2n) is 30.7. The van der Waals surface area contributed by atoms with E-state index in [2.05, 4.69) is 187 Å². The highest BCUT2D eigenvalue weighted by Crippen LogP contribution is 2.45. The molecule has 0 atom stereocenters. The molecule has 7 N–H and O–H groups in total. The number of hydrogen-bond acceptors (Lipinski definition) is 20. The lowest BCUT2D eigenvalue weighted by atomic mass is 10.0. The van der Waals surface area contributed by atoms with Crippen LogP contribution in [0.25, 0.3) is 0 Å². The molecule has 1 aliphatic carbocycles. The molecule has 138 heavy (non-hydrogen) atoms. The summed E-state index contributed by atoms with van der Waals surface area (Å²) in [6, 6.07) is 69.2. The lowest BCUT2D eigenvalue weighted by Gasteiger charge is -2.16. The molecular weight excluding hydrogens is 2270 g/mol. The van der Waals surface area contributed by atoms with Crippen molar-refractivity contribution in [3.63, 3.8) is 0 Å². The number of halogens is 7. The SMILES string of the molecule is CCOc1cccc(NC(=O)OC)c1COc1ccc(C)cc1Br.CCc1cccc(NC(=O)OC)c1COc1ccc(C)cc1Br.COC(=O)Nc1cccc(C)c1COc1ccc(C)cc1Br.COC(=O)Nc1cccc(C2CC2)c1COc1ccc(C)cc1Br.COC(=O)Nc1cccc(CO)c1COc1ccc(C)cc1Br.COC(=O)Nc1cccc(I)c1COc1ccc(C)cc1Br. The van der Waals surface area contributed by atoms with Gasteiger partial charge in [0.25, 0.3) is 0 Å². The Kier molecular flexibility index (Phi) is 46.7. The molecule has 33 heteroatoms. The van der Waals surface area contributed by atoms with Gasteiger partial charge < -0.3 is 66.7 Å². The van der Waals surface area contributed by atoms with Gasteiger partial charge in [-0.15, -0.1) is 0 Å². The van der Waals surface area contributed by atoms with Crippen LogP contribution in [0.3, 0.4) is 0 Å². The molecule has 0 aliphatic heterocycles. The van der Waals surface area contributed by atoms with E-state index < -0.39 is 36.6 Å². The van der Waals surface area contributed by atoms with Crippen LogP contribution in [-0.4, -0.2) is 90.9 Å². The second kappa shape index (κ2) is 57.7. The molecule has 730 valence electrons. The summed E-state index contributed by atoms with van der Waals surface area (Å²) in [7, 11) is 8.00. The van der Waals surface area contributed by atoms with Crippen molar-refractivity contribution in [3.8, 4) is 40.2 Å². The van der Waals surface area contributed by atoms with Crippen molar-refractivity contribution >= 4 is 189 Å². The van der Waals surface area contributed by atoms with Crippen LogP contribution in [0.15, 0.2) is 245 Å². The van der Waals surface area contributed by atoms with Crippen molar-refractivity contribution < 1.29 is 95.5 Å². The van der Waals surface area contributed by atoms with Gasteiger partial charge in [0.15, 0.2) is 0 Å². The molecule has 12 aromatic rings. The number of carbonyl (C=O) groups excluding carboxylic acids is 6. The minimum absolute atomic E-state index is 0.148. The second-order valence-corrected chi connectivity index (χ2v) is 37.0. The zero-order valence-corrected chi connectivity index (χ0v) is 90.7. The Bertz CT molecular complexity index is 5910. The van der Waals surface area contributed by atoms with Crippen LogP contribution in [0.2, 0.25) is 0 Å². The van der Waals surface area contributed by atoms with Crippen LogP contribution in [0.1, 0.15) is 122 Å². The Hall–Kier alpha value is -11.6. The number of hydrogen-bond donors (Lipinski definition) is 7. The monoisotopic (exact) mass is 2380 g/mol. The van der Waals surface area contributed by atoms with E-state index in [1.54, 1.807) is 24.3 Å². The third-order valence-electron chi connectivity index (χ3n) is 20.6. The standard InChI is InChI=1S/C19H20BrNO3.C18H20BrNO4.C18H20BrNO3.C17H18BrNO4.C17H18BrNO3.C16H15BrINO3/c1-12-6-9-18(16(20)10-12)24-11-15-14(13-7-8-13)4-3-5-17(15)21-19(22)23-2;1-4-23-16-7-5-6-15(20-18(21)22-3)13(16)11-24-17-9-8-12(2)10-14(17)19;1-4-13-6-5-7-16(20-18(21)22-3)14(13)11-23-17-9-8-12(2)10-15(17)19;1-11-6-7-16(14(18)8-11)23-10-13-12(9-20)4-3-5-15(13)19-17(21)22-2;1-11-7-8-16(14(18)9-11)22-10-13-12(2)5-4-6-15(13)19-17(20)21-3;1-10-6-7-15(12(17)8-10)22-9-11-13(18)4-3-5-14(11)19-16(20)21-2/h3-6,9-10,13H,7-8,11H2,1-2H3,(H,21,22);5-10H,4,11H2,1-3H3,(H,20,21);5-10H,4,11H2,1-3H3,(H,20,21);3-8,20H,9-10H2,1-2H3,(H,19,21);4-9H,10H2,1-3H3,(H,19,20);3-8H,9H2,1-2H3,(H,19,20). The highest BCUT2D eigenvalue weighted by atomic mass is 127. The van der Waals surface area contributed by atoms with Crippen molar-refractivity contribution in [2.45, 2.75) is 134 Å². The first kappa shape index (κ1) is 112. The van der Waals surface area contributed by atoms with Gasteiger partial charge in [0.1, 0.15) is 79.9 Å². The average molecular weight is 2380 g/mol. The highest BCUT2D eigenvalue weighted by molar-refractivity contribution is 14.1. The Balaban J connectivity index is 0.000000203. The number of benzene rings is 12. The summed E-state index contributed by atoms with van der Waals surface area (Å²) in [5.74, 6) is 5.70. The molecule has 1 fully saturated rings. The lowest BCUT2D eigenvalue weighted by Crippen LogP contribution is -2.14. The molecule has 0 aromatic heterocycles. The number of aryl methyl sites for hydroxylation is 8. The Morgan fingerprint density at radius 2 is 0.565 bits per heavy atom. The summed E-state index contributed by atoms with van der Waals surface area (Å²) in [5, 5.41) is 25.8. The molecule has 0 spiro atoms. The summed E-state index contributed by atoms with van der Waals surface area (Å²) < 4.78 is 75.4. The first-order valence-electron chi connectivity index (χ1n) is 43.2. The van der Waals surface area contributed by atoms with Gasteiger partial charge in [0.2, 0.25) is 0 Å². The molecule has 1 aliphatic rings. The van der Waals surface area contributed by atoms with Crippen LogP contribution in [-0.2, 0) is 81.1 Å². The zero-order valence-electron chi connectivity index (χ0n) is 79.0. The molecule has 0 bridgehead atoms. The van der Waals surface area contributed by atoms with Crippen LogP contribution in [0.4, 0.5) is 62.9 Å². The molecule has 26 nitrogen and oxygen atoms in total. The number of amides is 6. The van der Waals surface area contributed by atoms with Gasteiger partial charge in [-0.05, 0) is 376 Å². The van der Waals surface area contributed by atoms with Crippen molar-refractivity contribution in [2.24, 2.45) is 0 Å². The number of methoxy groups -OCH3 is 6. The van der Waals surface area contributed by atoms with Crippen LogP contribution < -0.4 is 65.1 Å². The number of aliphatic hydroxyl groups is 1. The van der Waals surface area contributed by atoms with Crippen molar-refractivity contribution in [1.29, 1.82) is 0 Å². The number of ether oxygens (including phenoxy) is 13. The summed E-state index contributed by atoms with van der Waals surface area (Å²) in [5.41, 5.74) is 20.2. The number of nitrogens with one attached hydrogen (secondary N) is 6. The smallest absolute Gasteiger partial charge is 0.411 e. The Morgan fingerprint density at radius 3 is 0.884 bits per heavy atom. The fraction of sp³-hybridized carbons (Fsp3) is 0.257. The van der Waals surface area contributed by atoms with E-state index in [4.69, 9.17) is 37.9 Å². The van der Waals surface area contributed by atoms with Gasteiger partial charge >= 0.3 is 36.6 Å². The van der Waals surface area contributed by atoms with Crippen molar-refractivity contribution in [2.75, 3.05) is 81.2 Å². The van der Waals surface area contributed by atoms with E-state index in [1.165, 1.54) is 66.6 Å². The summed E-state index contributed by atoms with van der Waals surface area (Å²) in [6.45, 7) is 20.4. The molecule has 0 saturated heterocycles. The lowest BCUT2D eigenvalue weighted by molar-refractivity contribution is 0.186. The third-order valence-corrected chi connectivity index (χ3v) is 25.3. The summed E-state index contributed by atoms with van der Waals surface area (Å²) >= 11 is 23.2. The maximum absolute atomic E-state index is 11.6. The first-order valence-corrected chi connectivity index (χ1v) is 49.1. The van der Waals surface area contributed by atoms with E-state index in [-0.39, 0.29) is 19.8 Å². The fourth-order valence-corrected chi connectivity index (χ4v) is 17.4. The summed E-state index contributed by atoms with van der Waals surface area (Å²) in [4.78, 5) is 69.0. The number of anilines is 6. The quantitative estimate of drug-likeness (QED) is 0.0169. The molecule has 12 aromatic carbocycles. The maximum atomic E-state index is 11.6. The summed E-state index contributed by atoms with van der Waals surface area (Å²) in [6.07, 6.45) is 0.148. The van der Waals surface area contributed by atoms with Gasteiger partial charge in [0, 0.05) is 31.4 Å². The number of carbonyl (C=O) groups is 6. The topological polar surface area (TPSA) is 315 Å². The van der Waals surface area contributed by atoms with Gasteiger partial charge in [-0.1, -0.05) is 104 Å². The number of aliphatic hydroxyl groups excluding tert-OH is 1. The van der Waals surface area contributed by atoms with Crippen LogP contribution >= 0.6 is 118 Å². The number of rotatable bonds is 29. The molecule has 6 amide bonds. The fourth-order valence-electron chi connectivity index (χ4n) is 13.1. The predicted molar refractivity (Wildman–Crippen MR) is 570 cm³/mol. The average Bonchev–Trinajstić information content (AvgIpc) is 1.67. The van der Waals surface area contributed by atoms with Crippen LogP contribution in [0.5, 0.6) is 40.2 Å². The zero-order chi connectivity index (χ0) is 100. The van der Waals surface area contributed by atoms with E-state index in [0.29, 0.717) is 90.0 Å². The molecule has 0 radical (unpaired) electrons. The molecular formula is C105H111Br6IN6O20. The molecule has 1 saturated carbocycles. The highest BCUT2D eigenvalue weighted by Gasteiger charge is 2.29. The maximum Gasteiger partial charge on any atom is 0.411 e. The Labute approximate surface area is 869 Å². The van der Waals surface area contributed by atoms with E-state index in [9.17, 15) is 33.9 Å². The minimum Gasteiger partial charge on any atom is -0.493 e. The van der Waals surface area contributed by atoms with Crippen molar-refractivity contribution in [3.05, 3.63) is 338 Å². The molecule has 13 rings (SSSR count). The minimum atomic E-state index is -0.571. The normalized spacial score (nSPS) is 10.8. The van der Waals surface area contributed by atoms with Gasteiger partial charge in [0.05, 0.1) is 122 Å². The molecule has 0 heterocycles. The predicted octanol–water partition coefficient (Wildman–Crippen LogP) is 29.3. The Morgan fingerprint density at radius 1 is 0.304 bits per heavy atom. The van der Waals surface area contributed by atoms with E-state index in [1.807, 2.05) is 243 Å². The largest absolute Gasteiger partial charge is 0.493 e. The first-order chi connectivity index (χ1) is 66.2. The van der Waals surface area contributed by atoms with E-state index in [0.717, 1.165) is 138 Å². The molecule has 0 unspecified atom stereocenters. The van der Waals surface area contributed by atoms with Gasteiger partial charge in [-0.2, -0.15) is 0 Å². The van der Waals surface area contributed by atoms with Crippen LogP contribution in [0, 0.1) is 52.0 Å². The van der Waals surface area contributed by atoms with Crippen molar-refractivity contribution in [1.82, 2.24) is 0 Å². The van der Waals surface area contributed by atoms with E-state index >= 15 is 0 Å². The third kappa shape index (κ3) is 35.7.